The van der Waals surface area contributed by atoms with Crippen molar-refractivity contribution < 1.29 is 9.53 Å². The largest absolute Gasteiger partial charge is 0.490 e. The first-order valence-electron chi connectivity index (χ1n) is 7.49. The lowest BCUT2D eigenvalue weighted by atomic mass is 10.1. The Hall–Kier alpha value is -1.81. The molecular weight excluding hydrogens is 342 g/mol. The minimum Gasteiger partial charge on any atom is -0.490 e. The van der Waals surface area contributed by atoms with Gasteiger partial charge >= 0.3 is 0 Å². The van der Waals surface area contributed by atoms with Gasteiger partial charge in [0.15, 0.2) is 0 Å². The number of likely N-dealkylation sites (tertiary alicyclic amines) is 1. The molecule has 1 aliphatic rings. The van der Waals surface area contributed by atoms with E-state index < -0.39 is 0 Å². The summed E-state index contributed by atoms with van der Waals surface area (Å²) in [5.74, 6) is 0.990. The van der Waals surface area contributed by atoms with Gasteiger partial charge in [-0.15, -0.1) is 0 Å². The molecule has 3 nitrogen and oxygen atoms in total. The number of hydrogen-bond donors (Lipinski definition) is 0. The summed E-state index contributed by atoms with van der Waals surface area (Å²) in [4.78, 5) is 14.4. The van der Waals surface area contributed by atoms with Crippen molar-refractivity contribution in [2.45, 2.75) is 18.9 Å². The van der Waals surface area contributed by atoms with Gasteiger partial charge in [-0.2, -0.15) is 0 Å². The lowest BCUT2D eigenvalue weighted by Crippen LogP contribution is -2.41. The first-order valence-corrected chi connectivity index (χ1v) is 8.29. The number of nitrogens with zero attached hydrogens (tertiary/aromatic N) is 1. The highest BCUT2D eigenvalue weighted by molar-refractivity contribution is 9.10. The Labute approximate surface area is 139 Å². The number of ether oxygens (including phenoxy) is 1. The van der Waals surface area contributed by atoms with Gasteiger partial charge in [0.2, 0.25) is 0 Å². The predicted octanol–water partition coefficient (Wildman–Crippen LogP) is 4.13. The van der Waals surface area contributed by atoms with Crippen molar-refractivity contribution in [1.82, 2.24) is 4.90 Å². The van der Waals surface area contributed by atoms with Crippen LogP contribution in [0.15, 0.2) is 59.1 Å². The van der Waals surface area contributed by atoms with E-state index in [2.05, 4.69) is 15.9 Å². The lowest BCUT2D eigenvalue weighted by Gasteiger charge is -2.32. The number of amides is 1. The predicted molar refractivity (Wildman–Crippen MR) is 90.1 cm³/mol. The summed E-state index contributed by atoms with van der Waals surface area (Å²) in [6, 6.07) is 17.4. The van der Waals surface area contributed by atoms with Crippen molar-refractivity contribution in [2.75, 3.05) is 13.1 Å². The third-order valence-electron chi connectivity index (χ3n) is 3.88. The Bertz CT molecular complexity index is 637. The van der Waals surface area contributed by atoms with Crippen LogP contribution in [-0.4, -0.2) is 30.0 Å². The first-order chi connectivity index (χ1) is 10.7. The second-order valence-corrected chi connectivity index (χ2v) is 6.26. The van der Waals surface area contributed by atoms with Crippen LogP contribution in [-0.2, 0) is 0 Å². The normalized spacial score (nSPS) is 15.6. The average Bonchev–Trinajstić information content (AvgIpc) is 2.56. The fraction of sp³-hybridized carbons (Fsp3) is 0.278. The zero-order valence-electron chi connectivity index (χ0n) is 12.2. The van der Waals surface area contributed by atoms with Crippen LogP contribution in [0.3, 0.4) is 0 Å². The maximum absolute atomic E-state index is 12.5. The van der Waals surface area contributed by atoms with Crippen LogP contribution in [0.5, 0.6) is 5.75 Å². The molecular formula is C18H18BrNO2. The van der Waals surface area contributed by atoms with Crippen LogP contribution in [0.2, 0.25) is 0 Å². The van der Waals surface area contributed by atoms with E-state index >= 15 is 0 Å². The van der Waals surface area contributed by atoms with Crippen molar-refractivity contribution in [1.29, 1.82) is 0 Å². The molecule has 2 aromatic rings. The molecule has 1 saturated heterocycles. The molecule has 3 rings (SSSR count). The molecule has 0 aromatic heterocycles. The molecule has 0 spiro atoms. The van der Waals surface area contributed by atoms with Gasteiger partial charge in [0.25, 0.3) is 5.91 Å². The maximum Gasteiger partial charge on any atom is 0.255 e. The van der Waals surface area contributed by atoms with Crippen LogP contribution in [0.1, 0.15) is 23.2 Å². The number of halogens is 1. The quantitative estimate of drug-likeness (QED) is 0.824. The second kappa shape index (κ2) is 6.97. The van der Waals surface area contributed by atoms with E-state index in [1.165, 1.54) is 0 Å². The van der Waals surface area contributed by atoms with Crippen LogP contribution in [0.4, 0.5) is 0 Å². The zero-order chi connectivity index (χ0) is 15.4. The van der Waals surface area contributed by atoms with Crippen LogP contribution in [0, 0.1) is 0 Å². The topological polar surface area (TPSA) is 29.5 Å². The Morgan fingerprint density at radius 3 is 2.32 bits per heavy atom. The summed E-state index contributed by atoms with van der Waals surface area (Å²) in [7, 11) is 0. The number of hydrogen-bond acceptors (Lipinski definition) is 2. The number of para-hydroxylation sites is 1. The number of piperidine rings is 1. The van der Waals surface area contributed by atoms with Crippen LogP contribution >= 0.6 is 15.9 Å². The van der Waals surface area contributed by atoms with Crippen molar-refractivity contribution in [3.63, 3.8) is 0 Å². The molecule has 4 heteroatoms. The second-order valence-electron chi connectivity index (χ2n) is 5.40. The van der Waals surface area contributed by atoms with Gasteiger partial charge in [-0.05, 0) is 40.2 Å². The summed E-state index contributed by atoms with van der Waals surface area (Å²) >= 11 is 3.45. The van der Waals surface area contributed by atoms with Gasteiger partial charge in [-0.3, -0.25) is 4.79 Å². The standard InChI is InChI=1S/C18H18BrNO2/c19-17-9-5-4-8-16(17)18(21)20-12-10-15(11-13-20)22-14-6-2-1-3-7-14/h1-9,15H,10-13H2. The molecule has 1 fully saturated rings. The Morgan fingerprint density at radius 2 is 1.64 bits per heavy atom. The molecule has 0 saturated carbocycles. The summed E-state index contributed by atoms with van der Waals surface area (Å²) in [6.07, 6.45) is 1.92. The molecule has 0 radical (unpaired) electrons. The molecule has 2 aromatic carbocycles. The van der Waals surface area contributed by atoms with Crippen LogP contribution < -0.4 is 4.74 Å². The van der Waals surface area contributed by atoms with E-state index in [1.54, 1.807) is 0 Å². The SMILES string of the molecule is O=C(c1ccccc1Br)N1CCC(Oc2ccccc2)CC1. The van der Waals surface area contributed by atoms with Gasteiger partial charge in [0, 0.05) is 30.4 Å². The molecule has 0 unspecified atom stereocenters. The molecule has 1 heterocycles. The lowest BCUT2D eigenvalue weighted by molar-refractivity contribution is 0.0595. The number of benzene rings is 2. The Morgan fingerprint density at radius 1 is 1.00 bits per heavy atom. The Balaban J connectivity index is 1.58. The van der Waals surface area contributed by atoms with Gasteiger partial charge < -0.3 is 9.64 Å². The van der Waals surface area contributed by atoms with E-state index in [0.717, 1.165) is 41.7 Å². The smallest absolute Gasteiger partial charge is 0.255 e. The molecule has 0 atom stereocenters. The first kappa shape index (κ1) is 15.1. The number of carbonyl (C=O) groups excluding carboxylic acids is 1. The van der Waals surface area contributed by atoms with Gasteiger partial charge in [0.05, 0.1) is 5.56 Å². The van der Waals surface area contributed by atoms with Gasteiger partial charge in [-0.1, -0.05) is 30.3 Å². The van der Waals surface area contributed by atoms with E-state index in [1.807, 2.05) is 59.5 Å². The van der Waals surface area contributed by atoms with E-state index in [-0.39, 0.29) is 12.0 Å². The van der Waals surface area contributed by atoms with E-state index in [0.29, 0.717) is 0 Å². The third kappa shape index (κ3) is 3.50. The maximum atomic E-state index is 12.5. The third-order valence-corrected chi connectivity index (χ3v) is 4.57. The number of carbonyl (C=O) groups is 1. The van der Waals surface area contributed by atoms with E-state index in [4.69, 9.17) is 4.74 Å². The summed E-state index contributed by atoms with van der Waals surface area (Å²) < 4.78 is 6.82. The molecule has 22 heavy (non-hydrogen) atoms. The fourth-order valence-corrected chi connectivity index (χ4v) is 3.13. The summed E-state index contributed by atoms with van der Waals surface area (Å²) in [6.45, 7) is 1.47. The van der Waals surface area contributed by atoms with Crippen molar-refractivity contribution in [3.8, 4) is 5.75 Å². The van der Waals surface area contributed by atoms with Crippen LogP contribution in [0.25, 0.3) is 0 Å². The van der Waals surface area contributed by atoms with Crippen molar-refractivity contribution in [3.05, 3.63) is 64.6 Å². The average molecular weight is 360 g/mol. The van der Waals surface area contributed by atoms with Crippen molar-refractivity contribution in [2.24, 2.45) is 0 Å². The highest BCUT2D eigenvalue weighted by Crippen LogP contribution is 2.22. The molecule has 114 valence electrons. The highest BCUT2D eigenvalue weighted by Gasteiger charge is 2.25. The minimum absolute atomic E-state index is 0.0886. The molecule has 0 N–H and O–H groups in total. The van der Waals surface area contributed by atoms with Crippen molar-refractivity contribution >= 4 is 21.8 Å². The van der Waals surface area contributed by atoms with E-state index in [9.17, 15) is 4.79 Å². The fourth-order valence-electron chi connectivity index (χ4n) is 2.67. The minimum atomic E-state index is 0.0886. The molecule has 0 aliphatic carbocycles. The monoisotopic (exact) mass is 359 g/mol. The molecule has 1 aliphatic heterocycles. The van der Waals surface area contributed by atoms with Gasteiger partial charge in [-0.25, -0.2) is 0 Å². The summed E-state index contributed by atoms with van der Waals surface area (Å²) in [5.41, 5.74) is 0.727. The van der Waals surface area contributed by atoms with Gasteiger partial charge in [0.1, 0.15) is 11.9 Å². The summed E-state index contributed by atoms with van der Waals surface area (Å²) in [5, 5.41) is 0. The molecule has 0 bridgehead atoms. The highest BCUT2D eigenvalue weighted by atomic mass is 79.9. The zero-order valence-corrected chi connectivity index (χ0v) is 13.8. The number of rotatable bonds is 3. The molecule has 1 amide bonds. The Kier molecular flexibility index (Phi) is 4.78.